The second kappa shape index (κ2) is 8.71. The lowest BCUT2D eigenvalue weighted by molar-refractivity contribution is -0.122. The molecule has 3 aromatic rings. The van der Waals surface area contributed by atoms with Crippen LogP contribution in [0.1, 0.15) is 16.8 Å². The molecule has 29 heavy (non-hydrogen) atoms. The van der Waals surface area contributed by atoms with E-state index in [0.29, 0.717) is 18.7 Å². The normalized spacial score (nSPS) is 15.7. The monoisotopic (exact) mass is 395 g/mol. The van der Waals surface area contributed by atoms with Crippen molar-refractivity contribution in [1.29, 1.82) is 0 Å². The van der Waals surface area contributed by atoms with Crippen molar-refractivity contribution < 1.29 is 9.18 Å². The first kappa shape index (κ1) is 19.5. The van der Waals surface area contributed by atoms with E-state index >= 15 is 0 Å². The minimum absolute atomic E-state index is 0.0280. The summed E-state index contributed by atoms with van der Waals surface area (Å²) in [5, 5.41) is 2.89. The van der Waals surface area contributed by atoms with Gasteiger partial charge >= 0.3 is 0 Å². The maximum absolute atomic E-state index is 13.6. The summed E-state index contributed by atoms with van der Waals surface area (Å²) in [6.45, 7) is 6.78. The molecular formula is C22H26FN5O. The number of amides is 1. The number of carbonyl (C=O) groups excluding carboxylic acids is 1. The lowest BCUT2D eigenvalue weighted by Crippen LogP contribution is -2.49. The predicted octanol–water partition coefficient (Wildman–Crippen LogP) is 2.22. The number of nitrogens with one attached hydrogen (secondary N) is 1. The first-order valence-corrected chi connectivity index (χ1v) is 9.96. The highest BCUT2D eigenvalue weighted by Crippen LogP contribution is 2.11. The molecule has 7 heteroatoms. The maximum Gasteiger partial charge on any atom is 0.234 e. The van der Waals surface area contributed by atoms with Crippen LogP contribution in [0.3, 0.4) is 0 Å². The molecule has 6 nitrogen and oxygen atoms in total. The van der Waals surface area contributed by atoms with E-state index < -0.39 is 0 Å². The summed E-state index contributed by atoms with van der Waals surface area (Å²) in [5.41, 5.74) is 3.42. The van der Waals surface area contributed by atoms with Gasteiger partial charge in [0, 0.05) is 51.7 Å². The summed E-state index contributed by atoms with van der Waals surface area (Å²) < 4.78 is 15.6. The van der Waals surface area contributed by atoms with Gasteiger partial charge in [-0.3, -0.25) is 14.6 Å². The Kier molecular flexibility index (Phi) is 5.87. The maximum atomic E-state index is 13.6. The van der Waals surface area contributed by atoms with Gasteiger partial charge in [-0.25, -0.2) is 9.37 Å². The minimum atomic E-state index is -0.238. The van der Waals surface area contributed by atoms with Gasteiger partial charge in [-0.15, -0.1) is 0 Å². The lowest BCUT2D eigenvalue weighted by Gasteiger charge is -2.33. The molecule has 1 aliphatic heterocycles. The Labute approximate surface area is 170 Å². The third kappa shape index (κ3) is 4.99. The summed E-state index contributed by atoms with van der Waals surface area (Å²) >= 11 is 0. The summed E-state index contributed by atoms with van der Waals surface area (Å²) in [6, 6.07) is 11.1. The quantitative estimate of drug-likeness (QED) is 0.695. The Bertz CT molecular complexity index is 961. The molecule has 0 bridgehead atoms. The largest absolute Gasteiger partial charge is 0.351 e. The molecule has 4 rings (SSSR count). The number of aryl methyl sites for hydroxylation is 1. The SMILES string of the molecule is Cc1ccc(CNC(=O)CN2CCN(Cc3cn4ccccc4n3)CC2)cc1F. The van der Waals surface area contributed by atoms with Gasteiger partial charge in [-0.05, 0) is 36.2 Å². The van der Waals surface area contributed by atoms with Crippen LogP contribution in [0.15, 0.2) is 48.8 Å². The predicted molar refractivity (Wildman–Crippen MR) is 110 cm³/mol. The summed E-state index contributed by atoms with van der Waals surface area (Å²) in [4.78, 5) is 21.4. The van der Waals surface area contributed by atoms with E-state index in [1.54, 1.807) is 13.0 Å². The van der Waals surface area contributed by atoms with Crippen LogP contribution in [0.25, 0.3) is 5.65 Å². The molecule has 0 atom stereocenters. The van der Waals surface area contributed by atoms with Crippen LogP contribution in [0.4, 0.5) is 4.39 Å². The third-order valence-corrected chi connectivity index (χ3v) is 5.36. The summed E-state index contributed by atoms with van der Waals surface area (Å²) in [5.74, 6) is -0.265. The second-order valence-corrected chi connectivity index (χ2v) is 7.61. The van der Waals surface area contributed by atoms with Crippen LogP contribution in [0.5, 0.6) is 0 Å². The lowest BCUT2D eigenvalue weighted by atomic mass is 10.1. The third-order valence-electron chi connectivity index (χ3n) is 5.36. The molecule has 3 heterocycles. The number of hydrogen-bond donors (Lipinski definition) is 1. The Morgan fingerprint density at radius 2 is 1.93 bits per heavy atom. The molecular weight excluding hydrogens is 369 g/mol. The first-order chi connectivity index (χ1) is 14.1. The number of aromatic nitrogens is 2. The number of benzene rings is 1. The number of rotatable bonds is 6. The van der Waals surface area contributed by atoms with Crippen molar-refractivity contribution in [3.63, 3.8) is 0 Å². The zero-order valence-electron chi connectivity index (χ0n) is 16.6. The van der Waals surface area contributed by atoms with Crippen molar-refractivity contribution in [3.8, 4) is 0 Å². The molecule has 1 aliphatic rings. The van der Waals surface area contributed by atoms with Crippen LogP contribution in [0.2, 0.25) is 0 Å². The molecule has 0 saturated carbocycles. The molecule has 1 N–H and O–H groups in total. The minimum Gasteiger partial charge on any atom is -0.351 e. The van der Waals surface area contributed by atoms with Crippen molar-refractivity contribution in [1.82, 2.24) is 24.5 Å². The number of halogens is 1. The number of nitrogens with zero attached hydrogens (tertiary/aromatic N) is 4. The molecule has 0 aliphatic carbocycles. The van der Waals surface area contributed by atoms with Gasteiger partial charge < -0.3 is 9.72 Å². The molecule has 152 valence electrons. The zero-order chi connectivity index (χ0) is 20.2. The molecule has 0 spiro atoms. The van der Waals surface area contributed by atoms with Gasteiger partial charge in [0.25, 0.3) is 0 Å². The molecule has 0 unspecified atom stereocenters. The fourth-order valence-corrected chi connectivity index (χ4v) is 3.60. The number of fused-ring (bicyclic) bond motifs is 1. The Balaban J connectivity index is 1.21. The van der Waals surface area contributed by atoms with Gasteiger partial charge in [-0.1, -0.05) is 18.2 Å². The van der Waals surface area contributed by atoms with Crippen molar-refractivity contribution in [2.45, 2.75) is 20.0 Å². The van der Waals surface area contributed by atoms with Crippen LogP contribution in [-0.4, -0.2) is 57.8 Å². The van der Waals surface area contributed by atoms with Crippen molar-refractivity contribution in [3.05, 3.63) is 71.4 Å². The number of hydrogen-bond acceptors (Lipinski definition) is 4. The van der Waals surface area contributed by atoms with Crippen LogP contribution >= 0.6 is 0 Å². The van der Waals surface area contributed by atoms with Crippen LogP contribution in [0, 0.1) is 12.7 Å². The average Bonchev–Trinajstić information content (AvgIpc) is 3.13. The topological polar surface area (TPSA) is 52.9 Å². The fourth-order valence-electron chi connectivity index (χ4n) is 3.60. The number of imidazole rings is 1. The van der Waals surface area contributed by atoms with E-state index in [1.165, 1.54) is 6.07 Å². The van der Waals surface area contributed by atoms with Gasteiger partial charge in [0.1, 0.15) is 11.5 Å². The average molecular weight is 395 g/mol. The van der Waals surface area contributed by atoms with Gasteiger partial charge in [0.05, 0.1) is 12.2 Å². The summed E-state index contributed by atoms with van der Waals surface area (Å²) in [7, 11) is 0. The van der Waals surface area contributed by atoms with Crippen LogP contribution in [-0.2, 0) is 17.9 Å². The highest BCUT2D eigenvalue weighted by Gasteiger charge is 2.19. The van der Waals surface area contributed by atoms with Gasteiger partial charge in [0.2, 0.25) is 5.91 Å². The zero-order valence-corrected chi connectivity index (χ0v) is 16.6. The van der Waals surface area contributed by atoms with E-state index in [2.05, 4.69) is 26.3 Å². The molecule has 1 amide bonds. The van der Waals surface area contributed by atoms with Crippen molar-refractivity contribution in [2.75, 3.05) is 32.7 Å². The van der Waals surface area contributed by atoms with Crippen molar-refractivity contribution >= 4 is 11.6 Å². The number of carbonyl (C=O) groups is 1. The molecule has 2 aromatic heterocycles. The molecule has 1 fully saturated rings. The Hall–Kier alpha value is -2.77. The Morgan fingerprint density at radius 3 is 2.69 bits per heavy atom. The number of piperazine rings is 1. The highest BCUT2D eigenvalue weighted by molar-refractivity contribution is 5.78. The fraction of sp³-hybridized carbons (Fsp3) is 0.364. The van der Waals surface area contributed by atoms with E-state index in [9.17, 15) is 9.18 Å². The second-order valence-electron chi connectivity index (χ2n) is 7.61. The summed E-state index contributed by atoms with van der Waals surface area (Å²) in [6.07, 6.45) is 4.08. The van der Waals surface area contributed by atoms with E-state index in [-0.39, 0.29) is 11.7 Å². The van der Waals surface area contributed by atoms with Gasteiger partial charge in [0.15, 0.2) is 0 Å². The smallest absolute Gasteiger partial charge is 0.234 e. The molecule has 1 aromatic carbocycles. The van der Waals surface area contributed by atoms with E-state index in [0.717, 1.165) is 49.6 Å². The van der Waals surface area contributed by atoms with E-state index in [4.69, 9.17) is 0 Å². The van der Waals surface area contributed by atoms with Crippen molar-refractivity contribution in [2.24, 2.45) is 0 Å². The Morgan fingerprint density at radius 1 is 1.14 bits per heavy atom. The van der Waals surface area contributed by atoms with Gasteiger partial charge in [-0.2, -0.15) is 0 Å². The highest BCUT2D eigenvalue weighted by atomic mass is 19.1. The molecule has 1 saturated heterocycles. The molecule has 0 radical (unpaired) electrons. The first-order valence-electron chi connectivity index (χ1n) is 9.96. The standard InChI is InChI=1S/C22H26FN5O/c1-17-5-6-18(12-20(17)23)13-24-22(29)16-27-10-8-26(9-11-27)14-19-15-28-7-3-2-4-21(28)25-19/h2-7,12,15H,8-11,13-14,16H2,1H3,(H,24,29). The number of pyridine rings is 1. The van der Waals surface area contributed by atoms with E-state index in [1.807, 2.05) is 34.9 Å². The van der Waals surface area contributed by atoms with Crippen LogP contribution < -0.4 is 5.32 Å².